The van der Waals surface area contributed by atoms with Crippen LogP contribution in [0.15, 0.2) is 0 Å². The van der Waals surface area contributed by atoms with Gasteiger partial charge in [0.2, 0.25) is 0 Å². The summed E-state index contributed by atoms with van der Waals surface area (Å²) in [6, 6.07) is 0. The lowest BCUT2D eigenvalue weighted by molar-refractivity contribution is -0.146. The fraction of sp³-hybridized carbons (Fsp3) is 0.625. The van der Waals surface area contributed by atoms with Gasteiger partial charge < -0.3 is 0 Å². The van der Waals surface area contributed by atoms with Crippen LogP contribution in [0.2, 0.25) is 10.2 Å². The summed E-state index contributed by atoms with van der Waals surface area (Å²) in [5.74, 6) is 0. The van der Waals surface area contributed by atoms with E-state index in [9.17, 15) is 13.2 Å². The Kier molecular flexibility index (Phi) is 3.00. The second-order valence-electron chi connectivity index (χ2n) is 4.03. The van der Waals surface area contributed by atoms with Crippen LogP contribution in [0.25, 0.3) is 0 Å². The molecule has 1 rings (SSSR count). The molecule has 86 valence electrons. The maximum Gasteiger partial charge on any atom is 0.434 e. The maximum absolute atomic E-state index is 12.6. The van der Waals surface area contributed by atoms with E-state index in [1.165, 1.54) is 0 Å². The van der Waals surface area contributed by atoms with Crippen LogP contribution >= 0.6 is 23.2 Å². The first-order valence-electron chi connectivity index (χ1n) is 4.07. The Hall–Kier alpha value is -0.420. The van der Waals surface area contributed by atoms with E-state index >= 15 is 0 Å². The van der Waals surface area contributed by atoms with Crippen LogP contribution in [0.3, 0.4) is 0 Å². The molecule has 15 heavy (non-hydrogen) atoms. The third-order valence-corrected chi connectivity index (χ3v) is 2.41. The number of nitrogens with zero attached hydrogens (tertiary/aromatic N) is 2. The van der Waals surface area contributed by atoms with Crippen molar-refractivity contribution in [3.05, 3.63) is 15.9 Å². The van der Waals surface area contributed by atoms with Crippen LogP contribution in [-0.4, -0.2) is 9.78 Å². The Balaban J connectivity index is 3.48. The number of aromatic nitrogens is 2. The van der Waals surface area contributed by atoms with Gasteiger partial charge in [0.1, 0.15) is 5.02 Å². The highest BCUT2D eigenvalue weighted by molar-refractivity contribution is 6.41. The lowest BCUT2D eigenvalue weighted by atomic mass is 10.1. The summed E-state index contributed by atoms with van der Waals surface area (Å²) >= 11 is 11.0. The van der Waals surface area contributed by atoms with Crippen molar-refractivity contribution in [3.63, 3.8) is 0 Å². The highest BCUT2D eigenvalue weighted by atomic mass is 35.5. The fourth-order valence-electron chi connectivity index (χ4n) is 1.10. The van der Waals surface area contributed by atoms with Gasteiger partial charge in [-0.25, -0.2) is 0 Å². The Morgan fingerprint density at radius 3 is 1.87 bits per heavy atom. The smallest absolute Gasteiger partial charge is 0.252 e. The van der Waals surface area contributed by atoms with Gasteiger partial charge in [0.25, 0.3) is 0 Å². The zero-order valence-electron chi connectivity index (χ0n) is 8.28. The van der Waals surface area contributed by atoms with E-state index in [2.05, 4.69) is 5.10 Å². The third kappa shape index (κ3) is 2.39. The van der Waals surface area contributed by atoms with Crippen LogP contribution in [0, 0.1) is 0 Å². The summed E-state index contributed by atoms with van der Waals surface area (Å²) in [5, 5.41) is 2.69. The van der Waals surface area contributed by atoms with E-state index in [4.69, 9.17) is 23.2 Å². The van der Waals surface area contributed by atoms with E-state index in [0.29, 0.717) is 0 Å². The van der Waals surface area contributed by atoms with E-state index in [1.54, 1.807) is 20.8 Å². The standard InChI is InChI=1S/C8H9Cl2F3N2/c1-7(2,3)15-5(8(11,12)13)4(9)6(10)14-15/h1-3H3. The van der Waals surface area contributed by atoms with Gasteiger partial charge in [-0.1, -0.05) is 23.2 Å². The first kappa shape index (κ1) is 12.6. The zero-order chi connectivity index (χ0) is 12.0. The molecule has 0 N–H and O–H groups in total. The minimum Gasteiger partial charge on any atom is -0.252 e. The maximum atomic E-state index is 12.6. The largest absolute Gasteiger partial charge is 0.434 e. The molecule has 0 spiro atoms. The van der Waals surface area contributed by atoms with Crippen molar-refractivity contribution in [2.75, 3.05) is 0 Å². The minimum atomic E-state index is -4.56. The highest BCUT2D eigenvalue weighted by Gasteiger charge is 2.41. The Morgan fingerprint density at radius 2 is 1.60 bits per heavy atom. The van der Waals surface area contributed by atoms with E-state index in [-0.39, 0.29) is 5.15 Å². The summed E-state index contributed by atoms with van der Waals surface area (Å²) in [5.41, 5.74) is -1.84. The number of alkyl halides is 3. The molecular weight excluding hydrogens is 252 g/mol. The Bertz CT molecular complexity index is 376. The number of hydrogen-bond donors (Lipinski definition) is 0. The van der Waals surface area contributed by atoms with Gasteiger partial charge in [-0.3, -0.25) is 4.68 Å². The molecule has 0 aromatic carbocycles. The summed E-state index contributed by atoms with van der Waals surface area (Å²) in [4.78, 5) is 0. The van der Waals surface area contributed by atoms with Crippen LogP contribution in [0.1, 0.15) is 26.5 Å². The lowest BCUT2D eigenvalue weighted by Gasteiger charge is -2.23. The van der Waals surface area contributed by atoms with Crippen LogP contribution in [0.5, 0.6) is 0 Å². The predicted octanol–water partition coefficient (Wildman–Crippen LogP) is 3.96. The van der Waals surface area contributed by atoms with Crippen LogP contribution < -0.4 is 0 Å². The van der Waals surface area contributed by atoms with Crippen LogP contribution in [-0.2, 0) is 11.7 Å². The molecule has 0 saturated heterocycles. The van der Waals surface area contributed by atoms with E-state index < -0.39 is 22.4 Å². The van der Waals surface area contributed by atoms with Crippen molar-refractivity contribution in [1.82, 2.24) is 9.78 Å². The molecule has 0 amide bonds. The zero-order valence-corrected chi connectivity index (χ0v) is 9.80. The molecule has 7 heteroatoms. The SMILES string of the molecule is CC(C)(C)n1nc(Cl)c(Cl)c1C(F)(F)F. The quantitative estimate of drug-likeness (QED) is 0.691. The molecule has 0 saturated carbocycles. The Morgan fingerprint density at radius 1 is 1.13 bits per heavy atom. The molecule has 0 fully saturated rings. The van der Waals surface area contributed by atoms with Gasteiger partial charge in [-0.2, -0.15) is 18.3 Å². The van der Waals surface area contributed by atoms with Gasteiger partial charge in [-0.15, -0.1) is 0 Å². The summed E-state index contributed by atoms with van der Waals surface area (Å²) < 4.78 is 38.7. The monoisotopic (exact) mass is 260 g/mol. The molecule has 0 bridgehead atoms. The first-order valence-corrected chi connectivity index (χ1v) is 4.82. The first-order chi connectivity index (χ1) is 6.55. The summed E-state index contributed by atoms with van der Waals surface area (Å²) in [6.07, 6.45) is -4.56. The summed E-state index contributed by atoms with van der Waals surface area (Å²) in [6.45, 7) is 4.76. The van der Waals surface area contributed by atoms with E-state index in [1.807, 2.05) is 0 Å². The topological polar surface area (TPSA) is 17.8 Å². The molecule has 0 aliphatic heterocycles. The molecule has 2 nitrogen and oxygen atoms in total. The highest BCUT2D eigenvalue weighted by Crippen LogP contribution is 2.40. The van der Waals surface area contributed by atoms with Gasteiger partial charge in [0.15, 0.2) is 10.8 Å². The molecule has 1 aromatic rings. The average molecular weight is 261 g/mol. The molecule has 1 heterocycles. The second-order valence-corrected chi connectivity index (χ2v) is 4.77. The third-order valence-electron chi connectivity index (χ3n) is 1.69. The normalized spacial score (nSPS) is 13.3. The van der Waals surface area contributed by atoms with Crippen LogP contribution in [0.4, 0.5) is 13.2 Å². The van der Waals surface area contributed by atoms with Gasteiger partial charge in [-0.05, 0) is 20.8 Å². The van der Waals surface area contributed by atoms with E-state index in [0.717, 1.165) is 4.68 Å². The predicted molar refractivity (Wildman–Crippen MR) is 52.2 cm³/mol. The van der Waals surface area contributed by atoms with Gasteiger partial charge in [0, 0.05) is 0 Å². The van der Waals surface area contributed by atoms with Crippen molar-refractivity contribution in [2.24, 2.45) is 0 Å². The lowest BCUT2D eigenvalue weighted by Crippen LogP contribution is -2.28. The fourth-order valence-corrected chi connectivity index (χ4v) is 1.49. The number of hydrogen-bond acceptors (Lipinski definition) is 1. The molecule has 1 aromatic heterocycles. The van der Waals surface area contributed by atoms with Gasteiger partial charge in [0.05, 0.1) is 5.54 Å². The average Bonchev–Trinajstić information content (AvgIpc) is 2.25. The summed E-state index contributed by atoms with van der Waals surface area (Å²) in [7, 11) is 0. The molecule has 0 aliphatic rings. The molecule has 0 radical (unpaired) electrons. The molecular formula is C8H9Cl2F3N2. The van der Waals surface area contributed by atoms with Crippen molar-refractivity contribution in [1.29, 1.82) is 0 Å². The molecule has 0 atom stereocenters. The molecule has 0 aliphatic carbocycles. The second kappa shape index (κ2) is 3.56. The minimum absolute atomic E-state index is 0.334. The Labute approximate surface area is 95.0 Å². The van der Waals surface area contributed by atoms with Crippen molar-refractivity contribution < 1.29 is 13.2 Å². The number of rotatable bonds is 0. The van der Waals surface area contributed by atoms with Crippen molar-refractivity contribution >= 4 is 23.2 Å². The number of halogens is 5. The van der Waals surface area contributed by atoms with Gasteiger partial charge >= 0.3 is 6.18 Å². The molecule has 0 unspecified atom stereocenters. The van der Waals surface area contributed by atoms with Crippen molar-refractivity contribution in [2.45, 2.75) is 32.5 Å². The van der Waals surface area contributed by atoms with Crippen molar-refractivity contribution in [3.8, 4) is 0 Å².